The van der Waals surface area contributed by atoms with Crippen molar-refractivity contribution < 1.29 is 17.9 Å². The van der Waals surface area contributed by atoms with E-state index in [0.29, 0.717) is 10.4 Å². The van der Waals surface area contributed by atoms with Gasteiger partial charge in [0.25, 0.3) is 0 Å². The van der Waals surface area contributed by atoms with Gasteiger partial charge in [0.15, 0.2) is 9.82 Å². The van der Waals surface area contributed by atoms with Crippen LogP contribution in [0.1, 0.15) is 13.8 Å². The molecule has 0 aliphatic heterocycles. The van der Waals surface area contributed by atoms with Gasteiger partial charge in [0.2, 0.25) is 0 Å². The van der Waals surface area contributed by atoms with E-state index in [1.54, 1.807) is 0 Å². The SMILES string of the molecule is CC.FC(F)(F)Oc1ccc(N=c2ssnc2Cl)cc1Cl. The van der Waals surface area contributed by atoms with Gasteiger partial charge in [0.1, 0.15) is 5.75 Å². The van der Waals surface area contributed by atoms with Crippen LogP contribution in [0.2, 0.25) is 10.2 Å². The predicted molar refractivity (Wildman–Crippen MR) is 79.7 cm³/mol. The molecule has 0 bridgehead atoms. The fraction of sp³-hybridized carbons (Fsp3) is 0.273. The molecular weight excluding hydrogens is 368 g/mol. The molecule has 0 amide bonds. The number of aromatic nitrogens is 1. The summed E-state index contributed by atoms with van der Waals surface area (Å²) in [6.45, 7) is 4.00. The number of nitrogens with zero attached hydrogens (tertiary/aromatic N) is 2. The van der Waals surface area contributed by atoms with Crippen molar-refractivity contribution in [3.05, 3.63) is 33.0 Å². The molecular formula is C11H9Cl2F3N2OS2. The second-order valence-electron chi connectivity index (χ2n) is 3.12. The lowest BCUT2D eigenvalue weighted by Crippen LogP contribution is -2.17. The average molecular weight is 377 g/mol. The van der Waals surface area contributed by atoms with E-state index < -0.39 is 12.1 Å². The molecule has 0 radical (unpaired) electrons. The molecule has 0 unspecified atom stereocenters. The lowest BCUT2D eigenvalue weighted by molar-refractivity contribution is -0.274. The summed E-state index contributed by atoms with van der Waals surface area (Å²) in [6.07, 6.45) is -4.79. The van der Waals surface area contributed by atoms with Crippen LogP contribution in [0.4, 0.5) is 18.9 Å². The zero-order chi connectivity index (χ0) is 16.0. The Labute approximate surface area is 136 Å². The smallest absolute Gasteiger partial charge is 0.404 e. The summed E-state index contributed by atoms with van der Waals surface area (Å²) in [6, 6.07) is 3.68. The van der Waals surface area contributed by atoms with E-state index in [4.69, 9.17) is 23.2 Å². The molecule has 0 atom stereocenters. The Bertz CT molecular complexity index is 655. The normalized spacial score (nSPS) is 11.9. The first-order valence-electron chi connectivity index (χ1n) is 5.57. The van der Waals surface area contributed by atoms with Crippen LogP contribution in [0.3, 0.4) is 0 Å². The monoisotopic (exact) mass is 376 g/mol. The summed E-state index contributed by atoms with van der Waals surface area (Å²) in [5, 5.41) is 0.0460. The zero-order valence-corrected chi connectivity index (χ0v) is 13.9. The number of rotatable bonds is 2. The minimum Gasteiger partial charge on any atom is -0.404 e. The number of hydrogen-bond acceptors (Lipinski definition) is 5. The van der Waals surface area contributed by atoms with Gasteiger partial charge in [0, 0.05) is 10.5 Å². The highest BCUT2D eigenvalue weighted by Gasteiger charge is 2.32. The third-order valence-corrected chi connectivity index (χ3v) is 4.25. The minimum absolute atomic E-state index is 0.192. The Morgan fingerprint density at radius 1 is 1.24 bits per heavy atom. The second-order valence-corrected chi connectivity index (χ2v) is 5.72. The summed E-state index contributed by atoms with van der Waals surface area (Å²) in [4.78, 5) is 4.11. The summed E-state index contributed by atoms with van der Waals surface area (Å²) in [5.74, 6) is -0.480. The largest absolute Gasteiger partial charge is 0.573 e. The van der Waals surface area contributed by atoms with Crippen molar-refractivity contribution in [2.45, 2.75) is 20.2 Å². The summed E-state index contributed by atoms with van der Waals surface area (Å²) >= 11 is 11.4. The maximum atomic E-state index is 12.1. The number of alkyl halides is 3. The molecule has 3 nitrogen and oxygen atoms in total. The van der Waals surface area contributed by atoms with Gasteiger partial charge < -0.3 is 4.74 Å². The van der Waals surface area contributed by atoms with Crippen LogP contribution >= 0.6 is 44.1 Å². The molecule has 0 saturated carbocycles. The molecule has 21 heavy (non-hydrogen) atoms. The van der Waals surface area contributed by atoms with E-state index >= 15 is 0 Å². The molecule has 0 fully saturated rings. The quantitative estimate of drug-likeness (QED) is 0.632. The summed E-state index contributed by atoms with van der Waals surface area (Å²) < 4.78 is 44.2. The highest BCUT2D eigenvalue weighted by molar-refractivity contribution is 7.66. The molecule has 0 N–H and O–H groups in total. The van der Waals surface area contributed by atoms with Gasteiger partial charge >= 0.3 is 6.36 Å². The Balaban J connectivity index is 0.00000106. The molecule has 116 valence electrons. The van der Waals surface area contributed by atoms with E-state index in [2.05, 4.69) is 14.1 Å². The Morgan fingerprint density at radius 3 is 2.38 bits per heavy atom. The number of ether oxygens (including phenoxy) is 1. The van der Waals surface area contributed by atoms with E-state index in [1.165, 1.54) is 22.5 Å². The van der Waals surface area contributed by atoms with Gasteiger partial charge in [-0.3, -0.25) is 0 Å². The third kappa shape index (κ3) is 5.82. The minimum atomic E-state index is -4.79. The van der Waals surface area contributed by atoms with Crippen LogP contribution < -0.4 is 9.41 Å². The Morgan fingerprint density at radius 2 is 1.90 bits per heavy atom. The maximum Gasteiger partial charge on any atom is 0.573 e. The van der Waals surface area contributed by atoms with Crippen molar-refractivity contribution >= 4 is 49.8 Å². The lowest BCUT2D eigenvalue weighted by atomic mass is 10.3. The van der Waals surface area contributed by atoms with Gasteiger partial charge in [0.05, 0.1) is 10.7 Å². The van der Waals surface area contributed by atoms with E-state index in [1.807, 2.05) is 13.8 Å². The molecule has 0 saturated heterocycles. The van der Waals surface area contributed by atoms with Crippen LogP contribution in [0.25, 0.3) is 0 Å². The molecule has 1 heterocycles. The fourth-order valence-electron chi connectivity index (χ4n) is 1.11. The molecule has 10 heteroatoms. The van der Waals surface area contributed by atoms with Crippen LogP contribution in [0, 0.1) is 0 Å². The number of hydrogen-bond donors (Lipinski definition) is 0. The topological polar surface area (TPSA) is 34.5 Å². The highest BCUT2D eigenvalue weighted by atomic mass is 35.5. The molecule has 0 aliphatic carbocycles. The maximum absolute atomic E-state index is 12.1. The van der Waals surface area contributed by atoms with Crippen molar-refractivity contribution in [1.82, 2.24) is 4.37 Å². The second kappa shape index (κ2) is 7.98. The van der Waals surface area contributed by atoms with Crippen molar-refractivity contribution in [2.75, 3.05) is 0 Å². The van der Waals surface area contributed by atoms with Crippen molar-refractivity contribution in [2.24, 2.45) is 4.99 Å². The van der Waals surface area contributed by atoms with E-state index in [-0.39, 0.29) is 10.2 Å². The van der Waals surface area contributed by atoms with Crippen molar-refractivity contribution in [3.8, 4) is 5.75 Å². The van der Waals surface area contributed by atoms with Crippen LogP contribution in [0.15, 0.2) is 23.2 Å². The molecule has 2 aromatic rings. The molecule has 0 spiro atoms. The Kier molecular flexibility index (Phi) is 6.92. The molecule has 2 rings (SSSR count). The van der Waals surface area contributed by atoms with Gasteiger partial charge in [-0.25, -0.2) is 4.99 Å². The van der Waals surface area contributed by atoms with Gasteiger partial charge in [-0.15, -0.1) is 13.2 Å². The van der Waals surface area contributed by atoms with Gasteiger partial charge in [-0.05, 0) is 28.5 Å². The predicted octanol–water partition coefficient (Wildman–Crippen LogP) is 5.67. The number of benzene rings is 1. The van der Waals surface area contributed by atoms with E-state index in [9.17, 15) is 13.2 Å². The van der Waals surface area contributed by atoms with Crippen molar-refractivity contribution in [1.29, 1.82) is 0 Å². The van der Waals surface area contributed by atoms with Crippen molar-refractivity contribution in [3.63, 3.8) is 0 Å². The highest BCUT2D eigenvalue weighted by Crippen LogP contribution is 2.32. The van der Waals surface area contributed by atoms with Crippen LogP contribution in [-0.4, -0.2) is 10.7 Å². The summed E-state index contributed by atoms with van der Waals surface area (Å²) in [5.41, 5.74) is 0.359. The van der Waals surface area contributed by atoms with Gasteiger partial charge in [-0.1, -0.05) is 37.0 Å². The van der Waals surface area contributed by atoms with Gasteiger partial charge in [-0.2, -0.15) is 4.37 Å². The average Bonchev–Trinajstić information content (AvgIpc) is 2.80. The van der Waals surface area contributed by atoms with Crippen LogP contribution in [0.5, 0.6) is 5.75 Å². The van der Waals surface area contributed by atoms with Crippen LogP contribution in [-0.2, 0) is 0 Å². The Hall–Kier alpha value is -0.830. The fourth-order valence-corrected chi connectivity index (χ4v) is 3.31. The molecule has 1 aromatic carbocycles. The first-order chi connectivity index (χ1) is 9.85. The first kappa shape index (κ1) is 18.2. The summed E-state index contributed by atoms with van der Waals surface area (Å²) in [7, 11) is 2.40. The third-order valence-electron chi connectivity index (χ3n) is 1.78. The zero-order valence-electron chi connectivity index (χ0n) is 10.7. The standard InChI is InChI=1S/C9H3Cl2F3N2OS2.C2H6/c10-5-3-4(15-8-7(11)16-19-18-8)1-2-6(5)17-9(12,13)14;1-2/h1-3H;1-2H3. The first-order valence-corrected chi connectivity index (χ1v) is 8.43. The molecule has 0 aliphatic rings. The lowest BCUT2D eigenvalue weighted by Gasteiger charge is -2.10. The number of halogens is 5. The molecule has 1 aromatic heterocycles. The van der Waals surface area contributed by atoms with E-state index in [0.717, 1.165) is 16.6 Å².